The van der Waals surface area contributed by atoms with Gasteiger partial charge in [-0.3, -0.25) is 4.40 Å². The predicted octanol–water partition coefficient (Wildman–Crippen LogP) is 5.39. The Morgan fingerprint density at radius 1 is 0.897 bits per heavy atom. The summed E-state index contributed by atoms with van der Waals surface area (Å²) >= 11 is 0. The van der Waals surface area contributed by atoms with Gasteiger partial charge in [-0.15, -0.1) is 12.4 Å². The van der Waals surface area contributed by atoms with Gasteiger partial charge in [0.15, 0.2) is 0 Å². The topological polar surface area (TPSA) is 25.5 Å². The molecule has 0 radical (unpaired) electrons. The zero-order valence-corrected chi connectivity index (χ0v) is 17.2. The third-order valence-electron chi connectivity index (χ3n) is 5.81. The summed E-state index contributed by atoms with van der Waals surface area (Å²) in [5.74, 6) is 0.751. The standard InChI is InChI=1S/C23H25FN4.ClH/c24-19-11-9-18(10-12-19)22-17-28-21-8-3-2-7-20(21)25-23(28)27(22)16-6-15-26-13-4-1-5-14-26;/h2-3,7-12,17H,1,4-6,13-16H2;1H. The van der Waals surface area contributed by atoms with E-state index < -0.39 is 0 Å². The molecule has 1 fully saturated rings. The van der Waals surface area contributed by atoms with Crippen molar-refractivity contribution in [2.24, 2.45) is 0 Å². The van der Waals surface area contributed by atoms with Crippen LogP contribution in [0.1, 0.15) is 25.7 Å². The number of hydrogen-bond donors (Lipinski definition) is 0. The molecule has 29 heavy (non-hydrogen) atoms. The fourth-order valence-corrected chi connectivity index (χ4v) is 4.36. The van der Waals surface area contributed by atoms with Gasteiger partial charge in [-0.25, -0.2) is 9.37 Å². The SMILES string of the molecule is Cl.Fc1ccc(-c2cn3c4ccccc4nc3n2CCCN2CCCCC2)cc1. The number of piperidine rings is 1. The third-order valence-corrected chi connectivity index (χ3v) is 5.81. The van der Waals surface area contributed by atoms with Gasteiger partial charge in [-0.2, -0.15) is 0 Å². The average Bonchev–Trinajstić information content (AvgIpc) is 3.26. The number of imidazole rings is 2. The first-order chi connectivity index (χ1) is 13.8. The smallest absolute Gasteiger partial charge is 0.215 e. The monoisotopic (exact) mass is 412 g/mol. The molecule has 0 saturated carbocycles. The van der Waals surface area contributed by atoms with Crippen molar-refractivity contribution in [3.63, 3.8) is 0 Å². The van der Waals surface area contributed by atoms with Gasteiger partial charge in [0.2, 0.25) is 5.78 Å². The summed E-state index contributed by atoms with van der Waals surface area (Å²) < 4.78 is 17.9. The van der Waals surface area contributed by atoms with Crippen molar-refractivity contribution in [2.45, 2.75) is 32.2 Å². The summed E-state index contributed by atoms with van der Waals surface area (Å²) in [5.41, 5.74) is 4.23. The molecular formula is C23H26ClFN4. The number of fused-ring (bicyclic) bond motifs is 3. The number of benzene rings is 2. The maximum atomic E-state index is 13.4. The molecule has 0 amide bonds. The van der Waals surface area contributed by atoms with E-state index in [-0.39, 0.29) is 18.2 Å². The number of hydrogen-bond acceptors (Lipinski definition) is 2. The minimum atomic E-state index is -0.206. The second-order valence-electron chi connectivity index (χ2n) is 7.70. The predicted molar refractivity (Wildman–Crippen MR) is 118 cm³/mol. The van der Waals surface area contributed by atoms with E-state index in [1.807, 2.05) is 24.3 Å². The van der Waals surface area contributed by atoms with Crippen LogP contribution < -0.4 is 0 Å². The van der Waals surface area contributed by atoms with Crippen molar-refractivity contribution in [2.75, 3.05) is 19.6 Å². The van der Waals surface area contributed by atoms with Crippen LogP contribution in [0.3, 0.4) is 0 Å². The van der Waals surface area contributed by atoms with Crippen LogP contribution in [0.25, 0.3) is 28.1 Å². The Morgan fingerprint density at radius 3 is 2.45 bits per heavy atom. The first kappa shape index (κ1) is 19.9. The van der Waals surface area contributed by atoms with E-state index in [4.69, 9.17) is 4.98 Å². The molecule has 1 aliphatic heterocycles. The summed E-state index contributed by atoms with van der Waals surface area (Å²) in [7, 11) is 0. The van der Waals surface area contributed by atoms with Crippen LogP contribution >= 0.6 is 12.4 Å². The molecule has 0 aliphatic carbocycles. The second kappa shape index (κ2) is 8.56. The van der Waals surface area contributed by atoms with E-state index in [2.05, 4.69) is 32.2 Å². The molecule has 2 aromatic heterocycles. The number of aryl methyl sites for hydroxylation is 1. The summed E-state index contributed by atoms with van der Waals surface area (Å²) in [6, 6.07) is 15.0. The molecule has 0 spiro atoms. The largest absolute Gasteiger partial charge is 0.310 e. The fourth-order valence-electron chi connectivity index (χ4n) is 4.36. The van der Waals surface area contributed by atoms with Gasteiger partial charge >= 0.3 is 0 Å². The van der Waals surface area contributed by atoms with Crippen LogP contribution in [0, 0.1) is 5.82 Å². The average molecular weight is 413 g/mol. The lowest BCUT2D eigenvalue weighted by Crippen LogP contribution is -2.31. The van der Waals surface area contributed by atoms with Crippen molar-refractivity contribution in [1.29, 1.82) is 0 Å². The zero-order valence-electron chi connectivity index (χ0n) is 16.4. The minimum absolute atomic E-state index is 0. The van der Waals surface area contributed by atoms with E-state index >= 15 is 0 Å². The molecule has 0 unspecified atom stereocenters. The highest BCUT2D eigenvalue weighted by atomic mass is 35.5. The molecule has 0 atom stereocenters. The molecule has 0 N–H and O–H groups in total. The molecule has 2 aromatic carbocycles. The lowest BCUT2D eigenvalue weighted by atomic mass is 10.1. The van der Waals surface area contributed by atoms with Crippen LogP contribution in [0.15, 0.2) is 54.7 Å². The molecule has 6 heteroatoms. The summed E-state index contributed by atoms with van der Waals surface area (Å²) in [6.07, 6.45) is 7.23. The van der Waals surface area contributed by atoms with Gasteiger partial charge in [0.05, 0.1) is 16.7 Å². The van der Waals surface area contributed by atoms with Crippen LogP contribution in [-0.4, -0.2) is 38.5 Å². The Kier molecular flexibility index (Phi) is 5.88. The number of likely N-dealkylation sites (tertiary alicyclic amines) is 1. The van der Waals surface area contributed by atoms with E-state index in [0.717, 1.165) is 47.6 Å². The Labute approximate surface area is 176 Å². The fraction of sp³-hybridized carbons (Fsp3) is 0.348. The highest BCUT2D eigenvalue weighted by molar-refractivity contribution is 5.85. The molecule has 1 saturated heterocycles. The van der Waals surface area contributed by atoms with Crippen molar-refractivity contribution < 1.29 is 4.39 Å². The van der Waals surface area contributed by atoms with Gasteiger partial charge in [-0.05, 0) is 80.9 Å². The van der Waals surface area contributed by atoms with Crippen LogP contribution in [0.5, 0.6) is 0 Å². The Bertz CT molecular complexity index is 1090. The van der Waals surface area contributed by atoms with Crippen LogP contribution in [-0.2, 0) is 6.54 Å². The lowest BCUT2D eigenvalue weighted by molar-refractivity contribution is 0.223. The highest BCUT2D eigenvalue weighted by Crippen LogP contribution is 2.27. The lowest BCUT2D eigenvalue weighted by Gasteiger charge is -2.26. The number of para-hydroxylation sites is 2. The van der Waals surface area contributed by atoms with Gasteiger partial charge in [0, 0.05) is 12.7 Å². The summed E-state index contributed by atoms with van der Waals surface area (Å²) in [5, 5.41) is 0. The van der Waals surface area contributed by atoms with Crippen LogP contribution in [0.2, 0.25) is 0 Å². The maximum Gasteiger partial charge on any atom is 0.215 e. The molecule has 4 aromatic rings. The number of halogens is 2. The first-order valence-electron chi connectivity index (χ1n) is 10.2. The van der Waals surface area contributed by atoms with Crippen molar-refractivity contribution in [3.8, 4) is 11.3 Å². The van der Waals surface area contributed by atoms with Crippen molar-refractivity contribution in [3.05, 3.63) is 60.5 Å². The quantitative estimate of drug-likeness (QED) is 0.439. The van der Waals surface area contributed by atoms with Crippen molar-refractivity contribution in [1.82, 2.24) is 18.9 Å². The second-order valence-corrected chi connectivity index (χ2v) is 7.70. The van der Waals surface area contributed by atoms with Gasteiger partial charge in [0.25, 0.3) is 0 Å². The van der Waals surface area contributed by atoms with E-state index in [0.29, 0.717) is 0 Å². The molecule has 1 aliphatic rings. The molecule has 4 nitrogen and oxygen atoms in total. The number of aromatic nitrogens is 3. The zero-order chi connectivity index (χ0) is 18.9. The third kappa shape index (κ3) is 3.89. The van der Waals surface area contributed by atoms with Crippen molar-refractivity contribution >= 4 is 29.2 Å². The highest BCUT2D eigenvalue weighted by Gasteiger charge is 2.16. The Hall–Kier alpha value is -2.37. The van der Waals surface area contributed by atoms with E-state index in [1.165, 1.54) is 44.5 Å². The normalized spacial score (nSPS) is 15.1. The molecular weight excluding hydrogens is 387 g/mol. The van der Waals surface area contributed by atoms with E-state index in [1.54, 1.807) is 0 Å². The van der Waals surface area contributed by atoms with Gasteiger partial charge in [-0.1, -0.05) is 18.6 Å². The summed E-state index contributed by atoms with van der Waals surface area (Å²) in [4.78, 5) is 7.46. The molecule has 0 bridgehead atoms. The Balaban J connectivity index is 0.00000205. The molecule has 5 rings (SSSR count). The minimum Gasteiger partial charge on any atom is -0.310 e. The first-order valence-corrected chi connectivity index (χ1v) is 10.2. The molecule has 152 valence electrons. The number of nitrogens with zero attached hydrogens (tertiary/aromatic N) is 4. The van der Waals surface area contributed by atoms with Gasteiger partial charge < -0.3 is 9.47 Å². The maximum absolute atomic E-state index is 13.4. The summed E-state index contributed by atoms with van der Waals surface area (Å²) in [6.45, 7) is 4.47. The Morgan fingerprint density at radius 2 is 1.66 bits per heavy atom. The van der Waals surface area contributed by atoms with Gasteiger partial charge in [0.1, 0.15) is 5.82 Å². The number of rotatable bonds is 5. The van der Waals surface area contributed by atoms with E-state index in [9.17, 15) is 4.39 Å². The molecule has 3 heterocycles. The van der Waals surface area contributed by atoms with Crippen LogP contribution in [0.4, 0.5) is 4.39 Å².